The number of halogens is 1. The lowest BCUT2D eigenvalue weighted by Gasteiger charge is -2.47. The number of aryl methyl sites for hydroxylation is 1. The molecule has 0 aliphatic carbocycles. The normalized spacial score (nSPS) is 21.1. The van der Waals surface area contributed by atoms with Crippen molar-refractivity contribution >= 4 is 29.1 Å². The van der Waals surface area contributed by atoms with E-state index in [1.165, 1.54) is 29.0 Å². The Balaban J connectivity index is 1.82. The van der Waals surface area contributed by atoms with Crippen molar-refractivity contribution in [2.75, 3.05) is 17.3 Å². The molecule has 2 aromatic carbocycles. The largest absolute Gasteiger partial charge is 0.320 e. The molecule has 2 heterocycles. The molecule has 2 aromatic rings. The number of hydrogen-bond donors (Lipinski definition) is 1. The third-order valence-electron chi connectivity index (χ3n) is 5.28. The van der Waals surface area contributed by atoms with Crippen molar-refractivity contribution in [3.05, 3.63) is 59.4 Å². The predicted octanol–water partition coefficient (Wildman–Crippen LogP) is 2.68. The van der Waals surface area contributed by atoms with E-state index in [9.17, 15) is 18.8 Å². The Morgan fingerprint density at radius 1 is 1.19 bits per heavy atom. The zero-order chi connectivity index (χ0) is 19.3. The molecule has 0 radical (unpaired) electrons. The van der Waals surface area contributed by atoms with Gasteiger partial charge < -0.3 is 10.2 Å². The highest BCUT2D eigenvalue weighted by atomic mass is 19.1. The molecule has 138 valence electrons. The zero-order valence-electron chi connectivity index (χ0n) is 15.0. The number of anilines is 2. The van der Waals surface area contributed by atoms with Crippen LogP contribution >= 0.6 is 0 Å². The van der Waals surface area contributed by atoms with E-state index in [1.807, 2.05) is 0 Å². The Hall–Kier alpha value is -3.22. The molecule has 6 nitrogen and oxygen atoms in total. The van der Waals surface area contributed by atoms with E-state index >= 15 is 0 Å². The van der Waals surface area contributed by atoms with Crippen LogP contribution in [0.25, 0.3) is 0 Å². The first kappa shape index (κ1) is 17.2. The maximum Gasteiger partial charge on any atom is 0.271 e. The number of likely N-dealkylation sites (N-methyl/N-ethyl adjacent to an activating group) is 1. The Kier molecular flexibility index (Phi) is 3.76. The fourth-order valence-electron chi connectivity index (χ4n) is 3.89. The number of amides is 3. The van der Waals surface area contributed by atoms with Crippen molar-refractivity contribution in [1.82, 2.24) is 4.90 Å². The summed E-state index contributed by atoms with van der Waals surface area (Å²) in [7, 11) is 1.50. The number of carbonyl (C=O) groups excluding carboxylic acids is 3. The van der Waals surface area contributed by atoms with Crippen LogP contribution in [-0.2, 0) is 9.59 Å². The second-order valence-corrected chi connectivity index (χ2v) is 6.86. The van der Waals surface area contributed by atoms with Crippen LogP contribution < -0.4 is 10.2 Å². The van der Waals surface area contributed by atoms with Gasteiger partial charge in [0.25, 0.3) is 11.8 Å². The Bertz CT molecular complexity index is 990. The highest BCUT2D eigenvalue weighted by Gasteiger charge is 2.59. The Morgan fingerprint density at radius 2 is 1.93 bits per heavy atom. The van der Waals surface area contributed by atoms with E-state index in [0.29, 0.717) is 11.3 Å². The van der Waals surface area contributed by atoms with Crippen molar-refractivity contribution in [3.63, 3.8) is 0 Å². The summed E-state index contributed by atoms with van der Waals surface area (Å²) in [5.41, 5.74) is 0.0531. The average Bonchev–Trinajstić information content (AvgIpc) is 3.01. The molecule has 2 aliphatic heterocycles. The van der Waals surface area contributed by atoms with Crippen LogP contribution in [0, 0.1) is 12.7 Å². The van der Waals surface area contributed by atoms with Crippen molar-refractivity contribution in [2.45, 2.75) is 25.4 Å². The average molecular weight is 367 g/mol. The van der Waals surface area contributed by atoms with E-state index in [0.717, 1.165) is 5.56 Å². The van der Waals surface area contributed by atoms with Crippen molar-refractivity contribution in [3.8, 4) is 0 Å². The quantitative estimate of drug-likeness (QED) is 0.887. The van der Waals surface area contributed by atoms with Gasteiger partial charge in [-0.1, -0.05) is 18.2 Å². The predicted molar refractivity (Wildman–Crippen MR) is 97.8 cm³/mol. The van der Waals surface area contributed by atoms with Crippen LogP contribution in [0.4, 0.5) is 15.8 Å². The zero-order valence-corrected chi connectivity index (χ0v) is 15.0. The Morgan fingerprint density at radius 3 is 2.70 bits per heavy atom. The first-order valence-corrected chi connectivity index (χ1v) is 8.64. The summed E-state index contributed by atoms with van der Waals surface area (Å²) in [6.07, 6.45) is 0.261. The van der Waals surface area contributed by atoms with Gasteiger partial charge >= 0.3 is 0 Å². The molecule has 0 unspecified atom stereocenters. The van der Waals surface area contributed by atoms with E-state index in [-0.39, 0.29) is 30.3 Å². The van der Waals surface area contributed by atoms with Gasteiger partial charge in [0.1, 0.15) is 5.82 Å². The molecule has 7 heteroatoms. The van der Waals surface area contributed by atoms with Gasteiger partial charge in [-0.05, 0) is 36.8 Å². The summed E-state index contributed by atoms with van der Waals surface area (Å²) in [5.74, 6) is -1.78. The summed E-state index contributed by atoms with van der Waals surface area (Å²) in [6.45, 7) is 1.78. The number of benzene rings is 2. The molecule has 0 bridgehead atoms. The topological polar surface area (TPSA) is 69.7 Å². The standard InChI is InChI=1S/C20H18FN3O3/c1-12-7-8-14(21)15(11-12)22-19(27)20-10-9-17(25)24(20)16-6-4-3-5-13(16)18(26)23(20)2/h3-8,11H,9-10H2,1-2H3,(H,22,27)/t20-/m0/s1. The molecule has 4 rings (SSSR count). The highest BCUT2D eigenvalue weighted by molar-refractivity contribution is 6.18. The number of hydrogen-bond acceptors (Lipinski definition) is 3. The van der Waals surface area contributed by atoms with Crippen molar-refractivity contribution in [2.24, 2.45) is 0 Å². The van der Waals surface area contributed by atoms with Gasteiger partial charge in [0.05, 0.1) is 16.9 Å². The minimum atomic E-state index is -1.52. The number of para-hydroxylation sites is 1. The summed E-state index contributed by atoms with van der Waals surface area (Å²) >= 11 is 0. The third kappa shape index (κ3) is 2.34. The van der Waals surface area contributed by atoms with Gasteiger partial charge in [-0.15, -0.1) is 0 Å². The number of rotatable bonds is 2. The van der Waals surface area contributed by atoms with Crippen LogP contribution in [0.2, 0.25) is 0 Å². The molecule has 27 heavy (non-hydrogen) atoms. The second kappa shape index (κ2) is 5.90. The van der Waals surface area contributed by atoms with Crippen LogP contribution in [0.1, 0.15) is 28.8 Å². The number of fused-ring (bicyclic) bond motifs is 3. The molecule has 1 fully saturated rings. The van der Waals surface area contributed by atoms with Crippen LogP contribution in [-0.4, -0.2) is 35.3 Å². The SMILES string of the molecule is Cc1ccc(F)c(NC(=O)[C@]23CCC(=O)N2c2ccccc2C(=O)N3C)c1. The molecular formula is C20H18FN3O3. The molecule has 2 aliphatic rings. The maximum absolute atomic E-state index is 14.2. The van der Waals surface area contributed by atoms with Crippen molar-refractivity contribution < 1.29 is 18.8 Å². The molecule has 1 N–H and O–H groups in total. The second-order valence-electron chi connectivity index (χ2n) is 6.86. The van der Waals surface area contributed by atoms with Gasteiger partial charge in [0.2, 0.25) is 11.6 Å². The minimum absolute atomic E-state index is 0.0216. The number of carbonyl (C=O) groups is 3. The van der Waals surface area contributed by atoms with Gasteiger partial charge in [-0.3, -0.25) is 19.3 Å². The lowest BCUT2D eigenvalue weighted by Crippen LogP contribution is -2.68. The minimum Gasteiger partial charge on any atom is -0.320 e. The molecule has 0 aromatic heterocycles. The summed E-state index contributed by atoms with van der Waals surface area (Å²) < 4.78 is 14.2. The summed E-state index contributed by atoms with van der Waals surface area (Å²) in [6, 6.07) is 11.1. The number of nitrogens with one attached hydrogen (secondary N) is 1. The molecule has 1 atom stereocenters. The van der Waals surface area contributed by atoms with E-state index < -0.39 is 17.4 Å². The fourth-order valence-corrected chi connectivity index (χ4v) is 3.89. The molecule has 1 saturated heterocycles. The van der Waals surface area contributed by atoms with Crippen LogP contribution in [0.5, 0.6) is 0 Å². The van der Waals surface area contributed by atoms with Gasteiger partial charge in [-0.2, -0.15) is 0 Å². The maximum atomic E-state index is 14.2. The van der Waals surface area contributed by atoms with Crippen molar-refractivity contribution in [1.29, 1.82) is 0 Å². The molecular weight excluding hydrogens is 349 g/mol. The third-order valence-corrected chi connectivity index (χ3v) is 5.28. The van der Waals surface area contributed by atoms with Gasteiger partial charge in [0, 0.05) is 19.9 Å². The van der Waals surface area contributed by atoms with Gasteiger partial charge in [-0.25, -0.2) is 4.39 Å². The lowest BCUT2D eigenvalue weighted by molar-refractivity contribution is -0.128. The fraction of sp³-hybridized carbons (Fsp3) is 0.250. The summed E-state index contributed by atoms with van der Waals surface area (Å²) in [5, 5.41) is 2.58. The first-order chi connectivity index (χ1) is 12.9. The molecule has 3 amide bonds. The van der Waals surface area contributed by atoms with Crippen LogP contribution in [0.15, 0.2) is 42.5 Å². The monoisotopic (exact) mass is 367 g/mol. The molecule has 0 spiro atoms. The highest BCUT2D eigenvalue weighted by Crippen LogP contribution is 2.44. The first-order valence-electron chi connectivity index (χ1n) is 8.64. The smallest absolute Gasteiger partial charge is 0.271 e. The van der Waals surface area contributed by atoms with Crippen LogP contribution in [0.3, 0.4) is 0 Å². The Labute approximate surface area is 155 Å². The summed E-state index contributed by atoms with van der Waals surface area (Å²) in [4.78, 5) is 41.5. The van der Waals surface area contributed by atoms with E-state index in [4.69, 9.17) is 0 Å². The molecule has 0 saturated carbocycles. The van der Waals surface area contributed by atoms with Gasteiger partial charge in [0.15, 0.2) is 0 Å². The number of nitrogens with zero attached hydrogens (tertiary/aromatic N) is 2. The van der Waals surface area contributed by atoms with E-state index in [2.05, 4.69) is 5.32 Å². The lowest BCUT2D eigenvalue weighted by atomic mass is 9.96. The van der Waals surface area contributed by atoms with E-state index in [1.54, 1.807) is 37.3 Å².